The standard InChI is InChI=1S/C17H19NO.2ClH.Ti/c1-3-7-14-10-13(2)11-15(17(14)19)12-18-16-8-5-4-6-9-16;;;/h4-6,8-12,19H,3,7H2,1-2H3;2*1H;/q;;;+2/p-2. The van der Waals surface area contributed by atoms with Crippen LogP contribution in [0.4, 0.5) is 5.69 Å². The van der Waals surface area contributed by atoms with Crippen LogP contribution >= 0.6 is 18.6 Å². The third-order valence-corrected chi connectivity index (χ3v) is 2.99. The molecule has 5 heteroatoms. The minimum atomic E-state index is -0.556. The van der Waals surface area contributed by atoms with Gasteiger partial charge >= 0.3 is 35.6 Å². The van der Waals surface area contributed by atoms with Crippen molar-refractivity contribution >= 4 is 30.5 Å². The van der Waals surface area contributed by atoms with Crippen LogP contribution in [0.3, 0.4) is 0 Å². The molecule has 0 saturated carbocycles. The van der Waals surface area contributed by atoms with Gasteiger partial charge in [-0.1, -0.05) is 37.6 Å². The van der Waals surface area contributed by atoms with E-state index in [-0.39, 0.29) is 0 Å². The van der Waals surface area contributed by atoms with Crippen molar-refractivity contribution < 1.29 is 22.1 Å². The number of aromatic hydroxyl groups is 1. The Kier molecular flexibility index (Phi) is 9.50. The van der Waals surface area contributed by atoms with Crippen molar-refractivity contribution in [1.82, 2.24) is 0 Å². The first-order valence-electron chi connectivity index (χ1n) is 7.00. The third-order valence-electron chi connectivity index (χ3n) is 2.99. The Morgan fingerprint density at radius 3 is 2.41 bits per heavy atom. The molecule has 2 aromatic carbocycles. The molecule has 2 rings (SSSR count). The fourth-order valence-corrected chi connectivity index (χ4v) is 2.10. The van der Waals surface area contributed by atoms with E-state index in [0.717, 1.165) is 35.2 Å². The van der Waals surface area contributed by atoms with Crippen molar-refractivity contribution in [2.75, 3.05) is 0 Å². The van der Waals surface area contributed by atoms with E-state index in [1.165, 1.54) is 0 Å². The molecule has 2 nitrogen and oxygen atoms in total. The summed E-state index contributed by atoms with van der Waals surface area (Å²) in [7, 11) is 9.78. The van der Waals surface area contributed by atoms with Crippen molar-refractivity contribution in [3.05, 3.63) is 59.2 Å². The van der Waals surface area contributed by atoms with Crippen molar-refractivity contribution in [3.63, 3.8) is 0 Å². The SMILES string of the molecule is CCCc1cc(C)cc(C=Nc2ccccc2)c1O.[Cl][Ti][Cl]. The quantitative estimate of drug-likeness (QED) is 0.536. The number of nitrogens with zero attached hydrogens (tertiary/aromatic N) is 1. The number of benzene rings is 2. The van der Waals surface area contributed by atoms with Gasteiger partial charge in [0.05, 0.1) is 5.69 Å². The Morgan fingerprint density at radius 2 is 1.82 bits per heavy atom. The molecule has 0 fully saturated rings. The van der Waals surface area contributed by atoms with Gasteiger partial charge in [0.2, 0.25) is 0 Å². The molecule has 0 amide bonds. The van der Waals surface area contributed by atoms with Crippen LogP contribution in [0, 0.1) is 6.92 Å². The van der Waals surface area contributed by atoms with E-state index in [1.807, 2.05) is 49.4 Å². The first-order chi connectivity index (χ1) is 10.6. The van der Waals surface area contributed by atoms with E-state index in [9.17, 15) is 5.11 Å². The molecule has 0 unspecified atom stereocenters. The summed E-state index contributed by atoms with van der Waals surface area (Å²) in [5.74, 6) is 0.354. The van der Waals surface area contributed by atoms with Gasteiger partial charge in [-0.25, -0.2) is 0 Å². The minimum absolute atomic E-state index is 0.354. The molecule has 2 aromatic rings. The van der Waals surface area contributed by atoms with Gasteiger partial charge < -0.3 is 5.11 Å². The van der Waals surface area contributed by atoms with Crippen molar-refractivity contribution in [3.8, 4) is 5.75 Å². The zero-order chi connectivity index (χ0) is 16.4. The molecule has 0 heterocycles. The first-order valence-corrected chi connectivity index (χ1v) is 11.3. The fourth-order valence-electron chi connectivity index (χ4n) is 2.10. The summed E-state index contributed by atoms with van der Waals surface area (Å²) in [6.45, 7) is 4.15. The monoisotopic (exact) mass is 371 g/mol. The van der Waals surface area contributed by atoms with Gasteiger partial charge in [-0.3, -0.25) is 4.99 Å². The number of hydrogen-bond donors (Lipinski definition) is 1. The maximum atomic E-state index is 10.2. The second kappa shape index (κ2) is 10.9. The Balaban J connectivity index is 0.000000745. The van der Waals surface area contributed by atoms with Gasteiger partial charge in [0, 0.05) is 11.8 Å². The van der Waals surface area contributed by atoms with Crippen LogP contribution in [0.2, 0.25) is 0 Å². The molecule has 0 aliphatic rings. The number of phenols is 1. The Labute approximate surface area is 148 Å². The van der Waals surface area contributed by atoms with Gasteiger partial charge in [-0.15, -0.1) is 0 Å². The van der Waals surface area contributed by atoms with Gasteiger partial charge in [0.25, 0.3) is 0 Å². The average Bonchev–Trinajstić information content (AvgIpc) is 2.51. The summed E-state index contributed by atoms with van der Waals surface area (Å²) >= 11 is -0.556. The summed E-state index contributed by atoms with van der Waals surface area (Å²) in [5, 5.41) is 10.2. The number of aliphatic imine (C=N–C) groups is 1. The normalized spacial score (nSPS) is 10.2. The predicted molar refractivity (Wildman–Crippen MR) is 92.2 cm³/mol. The molecular formula is C17H19Cl2NOTi. The molecular weight excluding hydrogens is 353 g/mol. The molecule has 22 heavy (non-hydrogen) atoms. The Morgan fingerprint density at radius 1 is 1.18 bits per heavy atom. The van der Waals surface area contributed by atoms with Crippen LogP contribution < -0.4 is 0 Å². The summed E-state index contributed by atoms with van der Waals surface area (Å²) < 4.78 is 0. The maximum absolute atomic E-state index is 10.2. The van der Waals surface area contributed by atoms with E-state index in [4.69, 9.17) is 18.6 Å². The molecule has 116 valence electrons. The summed E-state index contributed by atoms with van der Waals surface area (Å²) in [4.78, 5) is 4.39. The topological polar surface area (TPSA) is 32.6 Å². The van der Waals surface area contributed by atoms with Crippen LogP contribution in [0.1, 0.15) is 30.0 Å². The Bertz CT molecular complexity index is 603. The molecule has 1 N–H and O–H groups in total. The van der Waals surface area contributed by atoms with E-state index < -0.39 is 17.0 Å². The molecule has 0 atom stereocenters. The van der Waals surface area contributed by atoms with Crippen LogP contribution in [-0.2, 0) is 23.5 Å². The molecule has 0 radical (unpaired) electrons. The second-order valence-electron chi connectivity index (χ2n) is 4.78. The summed E-state index contributed by atoms with van der Waals surface area (Å²) in [5.41, 5.74) is 3.82. The van der Waals surface area contributed by atoms with Crippen molar-refractivity contribution in [2.45, 2.75) is 26.7 Å². The average molecular weight is 372 g/mol. The number of phenolic OH excluding ortho intramolecular Hbond substituents is 1. The van der Waals surface area contributed by atoms with Crippen molar-refractivity contribution in [2.24, 2.45) is 4.99 Å². The van der Waals surface area contributed by atoms with Crippen molar-refractivity contribution in [1.29, 1.82) is 0 Å². The fraction of sp³-hybridized carbons (Fsp3) is 0.235. The number of hydrogen-bond acceptors (Lipinski definition) is 2. The van der Waals surface area contributed by atoms with E-state index in [2.05, 4.69) is 11.9 Å². The Hall–Kier alpha value is -0.796. The van der Waals surface area contributed by atoms with Gasteiger partial charge in [0.15, 0.2) is 0 Å². The summed E-state index contributed by atoms with van der Waals surface area (Å²) in [6, 6.07) is 13.7. The van der Waals surface area contributed by atoms with Crippen LogP contribution in [-0.4, -0.2) is 11.3 Å². The number of rotatable bonds is 4. The molecule has 0 bridgehead atoms. The number of aryl methyl sites for hydroxylation is 2. The zero-order valence-corrected chi connectivity index (χ0v) is 15.8. The van der Waals surface area contributed by atoms with E-state index in [1.54, 1.807) is 6.21 Å². The predicted octanol–water partition coefficient (Wildman–Crippen LogP) is 5.78. The molecule has 0 saturated heterocycles. The first kappa shape index (κ1) is 19.3. The van der Waals surface area contributed by atoms with Gasteiger partial charge in [-0.2, -0.15) is 0 Å². The number of halogens is 2. The third kappa shape index (κ3) is 6.54. The van der Waals surface area contributed by atoms with E-state index >= 15 is 0 Å². The van der Waals surface area contributed by atoms with Gasteiger partial charge in [-0.05, 0) is 42.7 Å². The molecule has 0 spiro atoms. The van der Waals surface area contributed by atoms with Crippen LogP contribution in [0.5, 0.6) is 5.75 Å². The van der Waals surface area contributed by atoms with E-state index in [0.29, 0.717) is 5.75 Å². The van der Waals surface area contributed by atoms with Gasteiger partial charge in [0.1, 0.15) is 5.75 Å². The number of para-hydroxylation sites is 1. The second-order valence-corrected chi connectivity index (χ2v) is 7.36. The molecule has 0 aliphatic heterocycles. The van der Waals surface area contributed by atoms with Crippen LogP contribution in [0.25, 0.3) is 0 Å². The molecule has 0 aromatic heterocycles. The molecule has 0 aliphatic carbocycles. The zero-order valence-electron chi connectivity index (χ0n) is 12.7. The van der Waals surface area contributed by atoms with Crippen LogP contribution in [0.15, 0.2) is 47.5 Å². The summed E-state index contributed by atoms with van der Waals surface area (Å²) in [6.07, 6.45) is 3.64.